The molecule has 27 heavy (non-hydrogen) atoms. The fourth-order valence-electron chi connectivity index (χ4n) is 3.30. The van der Waals surface area contributed by atoms with Crippen LogP contribution in [0.15, 0.2) is 0 Å². The lowest BCUT2D eigenvalue weighted by atomic mass is 10.0. The van der Waals surface area contributed by atoms with Crippen LogP contribution in [0.3, 0.4) is 0 Å². The fraction of sp³-hybridized carbons (Fsp3) is 0.957. The highest BCUT2D eigenvalue weighted by atomic mass is 16.5. The van der Waals surface area contributed by atoms with Gasteiger partial charge in [0.2, 0.25) is 5.91 Å². The molecule has 0 aromatic heterocycles. The lowest BCUT2D eigenvalue weighted by molar-refractivity contribution is -0.121. The van der Waals surface area contributed by atoms with E-state index in [4.69, 9.17) is 9.84 Å². The standard InChI is InChI=1S/C23H47NO3/c1-22(2)16-14-12-10-8-6-4-3-5-7-9-11-13-15-17-23(26)24-18-20-27-21-19-25/h22,25H,3-21H2,1-2H3,(H,24,26). The van der Waals surface area contributed by atoms with E-state index in [9.17, 15) is 4.79 Å². The van der Waals surface area contributed by atoms with E-state index in [1.54, 1.807) is 0 Å². The van der Waals surface area contributed by atoms with Crippen molar-refractivity contribution in [2.45, 2.75) is 110 Å². The maximum absolute atomic E-state index is 11.6. The average molecular weight is 386 g/mol. The van der Waals surface area contributed by atoms with Crippen molar-refractivity contribution in [3.8, 4) is 0 Å². The van der Waals surface area contributed by atoms with Crippen molar-refractivity contribution in [2.24, 2.45) is 5.92 Å². The second kappa shape index (κ2) is 21.7. The number of carbonyl (C=O) groups is 1. The van der Waals surface area contributed by atoms with Crippen molar-refractivity contribution in [3.05, 3.63) is 0 Å². The molecule has 0 spiro atoms. The first kappa shape index (κ1) is 26.4. The summed E-state index contributed by atoms with van der Waals surface area (Å²) in [5, 5.41) is 11.4. The molecule has 1 amide bonds. The first-order chi connectivity index (χ1) is 13.2. The molecule has 0 rings (SSSR count). The maximum Gasteiger partial charge on any atom is 0.220 e. The van der Waals surface area contributed by atoms with Gasteiger partial charge in [0.05, 0.1) is 19.8 Å². The van der Waals surface area contributed by atoms with Crippen molar-refractivity contribution in [3.63, 3.8) is 0 Å². The molecule has 0 bridgehead atoms. The van der Waals surface area contributed by atoms with Gasteiger partial charge in [0.25, 0.3) is 0 Å². The van der Waals surface area contributed by atoms with E-state index in [-0.39, 0.29) is 12.5 Å². The van der Waals surface area contributed by atoms with Gasteiger partial charge in [0, 0.05) is 13.0 Å². The molecular weight excluding hydrogens is 338 g/mol. The summed E-state index contributed by atoms with van der Waals surface area (Å²) in [6.45, 7) is 6.02. The zero-order chi connectivity index (χ0) is 20.0. The minimum atomic E-state index is 0.0342. The number of rotatable bonds is 21. The summed E-state index contributed by atoms with van der Waals surface area (Å²) in [4.78, 5) is 11.6. The molecule has 0 saturated heterocycles. The van der Waals surface area contributed by atoms with E-state index >= 15 is 0 Å². The van der Waals surface area contributed by atoms with Crippen LogP contribution in [0.1, 0.15) is 110 Å². The van der Waals surface area contributed by atoms with Crippen LogP contribution in [0, 0.1) is 5.92 Å². The highest BCUT2D eigenvalue weighted by molar-refractivity contribution is 5.75. The summed E-state index contributed by atoms with van der Waals surface area (Å²) in [6.07, 6.45) is 19.4. The van der Waals surface area contributed by atoms with Gasteiger partial charge in [-0.25, -0.2) is 0 Å². The molecule has 0 aliphatic carbocycles. The lowest BCUT2D eigenvalue weighted by Crippen LogP contribution is -2.27. The summed E-state index contributed by atoms with van der Waals surface area (Å²) in [6, 6.07) is 0. The van der Waals surface area contributed by atoms with Gasteiger partial charge in [0.1, 0.15) is 0 Å². The molecule has 0 aliphatic heterocycles. The van der Waals surface area contributed by atoms with Gasteiger partial charge in [-0.15, -0.1) is 0 Å². The number of ether oxygens (including phenoxy) is 1. The molecule has 0 fully saturated rings. The molecule has 4 heteroatoms. The molecule has 0 saturated carbocycles. The Morgan fingerprint density at radius 3 is 1.74 bits per heavy atom. The molecule has 162 valence electrons. The Kier molecular flexibility index (Phi) is 21.2. The van der Waals surface area contributed by atoms with Crippen molar-refractivity contribution in [1.82, 2.24) is 5.32 Å². The zero-order valence-corrected chi connectivity index (χ0v) is 18.3. The average Bonchev–Trinajstić information content (AvgIpc) is 2.64. The monoisotopic (exact) mass is 385 g/mol. The number of aliphatic hydroxyl groups is 1. The molecule has 0 heterocycles. The van der Waals surface area contributed by atoms with Gasteiger partial charge >= 0.3 is 0 Å². The third-order valence-corrected chi connectivity index (χ3v) is 4.99. The van der Waals surface area contributed by atoms with Gasteiger partial charge in [0.15, 0.2) is 0 Å². The topological polar surface area (TPSA) is 58.6 Å². The number of hydrogen-bond donors (Lipinski definition) is 2. The van der Waals surface area contributed by atoms with Crippen LogP contribution in [-0.4, -0.2) is 37.4 Å². The molecule has 0 aliphatic rings. The Balaban J connectivity index is 3.11. The Bertz CT molecular complexity index is 308. The van der Waals surface area contributed by atoms with Crippen LogP contribution in [0.5, 0.6) is 0 Å². The SMILES string of the molecule is CC(C)CCCCCCCCCCCCCCCC(=O)NCCOCCO. The second-order valence-electron chi connectivity index (χ2n) is 8.21. The van der Waals surface area contributed by atoms with Crippen LogP contribution in [0.4, 0.5) is 0 Å². The van der Waals surface area contributed by atoms with E-state index in [0.29, 0.717) is 26.2 Å². The van der Waals surface area contributed by atoms with E-state index < -0.39 is 0 Å². The molecule has 4 nitrogen and oxygen atoms in total. The van der Waals surface area contributed by atoms with Crippen molar-refractivity contribution in [2.75, 3.05) is 26.4 Å². The van der Waals surface area contributed by atoms with E-state index in [0.717, 1.165) is 18.8 Å². The largest absolute Gasteiger partial charge is 0.394 e. The Morgan fingerprint density at radius 2 is 1.26 bits per heavy atom. The first-order valence-electron chi connectivity index (χ1n) is 11.6. The van der Waals surface area contributed by atoms with E-state index in [2.05, 4.69) is 19.2 Å². The van der Waals surface area contributed by atoms with Crippen LogP contribution in [-0.2, 0) is 9.53 Å². The quantitative estimate of drug-likeness (QED) is 0.252. The van der Waals surface area contributed by atoms with E-state index in [1.165, 1.54) is 77.0 Å². The van der Waals surface area contributed by atoms with Gasteiger partial charge in [-0.1, -0.05) is 97.3 Å². The molecule has 0 atom stereocenters. The summed E-state index contributed by atoms with van der Waals surface area (Å²) < 4.78 is 5.10. The highest BCUT2D eigenvalue weighted by Gasteiger charge is 2.00. The molecule has 2 N–H and O–H groups in total. The van der Waals surface area contributed by atoms with Crippen LogP contribution in [0.2, 0.25) is 0 Å². The summed E-state index contributed by atoms with van der Waals surface area (Å²) in [7, 11) is 0. The number of carbonyl (C=O) groups excluding carboxylic acids is 1. The number of hydrogen-bond acceptors (Lipinski definition) is 3. The molecule has 0 radical (unpaired) electrons. The predicted octanol–water partition coefficient (Wildman–Crippen LogP) is 5.62. The van der Waals surface area contributed by atoms with Crippen molar-refractivity contribution < 1.29 is 14.6 Å². The molecular formula is C23H47NO3. The third kappa shape index (κ3) is 23.4. The van der Waals surface area contributed by atoms with Gasteiger partial charge in [-0.3, -0.25) is 4.79 Å². The number of aliphatic hydroxyl groups excluding tert-OH is 1. The molecule has 0 unspecified atom stereocenters. The Labute approximate surface area is 168 Å². The smallest absolute Gasteiger partial charge is 0.220 e. The van der Waals surface area contributed by atoms with Crippen LogP contribution < -0.4 is 5.32 Å². The van der Waals surface area contributed by atoms with Crippen LogP contribution in [0.25, 0.3) is 0 Å². The van der Waals surface area contributed by atoms with Crippen molar-refractivity contribution in [1.29, 1.82) is 0 Å². The summed E-state index contributed by atoms with van der Waals surface area (Å²) >= 11 is 0. The van der Waals surface area contributed by atoms with Crippen LogP contribution >= 0.6 is 0 Å². The number of amides is 1. The van der Waals surface area contributed by atoms with Crippen molar-refractivity contribution >= 4 is 5.91 Å². The summed E-state index contributed by atoms with van der Waals surface area (Å²) in [5.74, 6) is 0.983. The first-order valence-corrected chi connectivity index (χ1v) is 11.6. The van der Waals surface area contributed by atoms with Gasteiger partial charge in [-0.05, 0) is 12.3 Å². The number of unbranched alkanes of at least 4 members (excludes halogenated alkanes) is 12. The van der Waals surface area contributed by atoms with Gasteiger partial charge in [-0.2, -0.15) is 0 Å². The number of nitrogens with one attached hydrogen (secondary N) is 1. The predicted molar refractivity (Wildman–Crippen MR) is 115 cm³/mol. The Morgan fingerprint density at radius 1 is 0.778 bits per heavy atom. The lowest BCUT2D eigenvalue weighted by Gasteiger charge is -2.06. The molecule has 0 aromatic rings. The second-order valence-corrected chi connectivity index (χ2v) is 8.21. The molecule has 0 aromatic carbocycles. The minimum absolute atomic E-state index is 0.0342. The fourth-order valence-corrected chi connectivity index (χ4v) is 3.30. The highest BCUT2D eigenvalue weighted by Crippen LogP contribution is 2.14. The zero-order valence-electron chi connectivity index (χ0n) is 18.3. The van der Waals surface area contributed by atoms with E-state index in [1.807, 2.05) is 0 Å². The third-order valence-electron chi connectivity index (χ3n) is 4.99. The van der Waals surface area contributed by atoms with Gasteiger partial charge < -0.3 is 15.2 Å². The maximum atomic E-state index is 11.6. The normalized spacial score (nSPS) is 11.3. The minimum Gasteiger partial charge on any atom is -0.394 e. The summed E-state index contributed by atoms with van der Waals surface area (Å²) in [5.41, 5.74) is 0. The Hall–Kier alpha value is -0.610.